The van der Waals surface area contributed by atoms with Gasteiger partial charge in [0.1, 0.15) is 17.6 Å². The third-order valence-corrected chi connectivity index (χ3v) is 2.23. The van der Waals surface area contributed by atoms with E-state index in [0.717, 1.165) is 6.42 Å². The molecule has 0 saturated carbocycles. The Bertz CT molecular complexity index is 374. The molecule has 0 atom stereocenters. The lowest BCUT2D eigenvalue weighted by atomic mass is 10.4. The van der Waals surface area contributed by atoms with E-state index in [2.05, 4.69) is 21.9 Å². The lowest BCUT2D eigenvalue weighted by molar-refractivity contribution is 0.149. The molecule has 0 saturated heterocycles. The maximum absolute atomic E-state index is 5.88. The number of rotatable bonds is 9. The smallest absolute Gasteiger partial charge is 0.158 e. The zero-order valence-corrected chi connectivity index (χ0v) is 11.2. The Balaban J connectivity index is 2.34. The largest absolute Gasteiger partial charge is 0.379 e. The second-order valence-corrected chi connectivity index (χ2v) is 3.93. The number of aromatic nitrogens is 2. The molecule has 1 aromatic rings. The average molecular weight is 272 g/mol. The number of nitrogens with zero attached hydrogens (tertiary/aromatic N) is 2. The van der Waals surface area contributed by atoms with Crippen molar-refractivity contribution >= 4 is 17.4 Å². The molecule has 5 nitrogen and oxygen atoms in total. The highest BCUT2D eigenvalue weighted by molar-refractivity contribution is 6.29. The van der Waals surface area contributed by atoms with E-state index in [9.17, 15) is 0 Å². The van der Waals surface area contributed by atoms with Crippen LogP contribution in [0.2, 0.25) is 5.15 Å². The molecule has 0 amide bonds. The first-order valence-corrected chi connectivity index (χ1v) is 6.09. The second-order valence-electron chi connectivity index (χ2n) is 3.54. The SMILES string of the molecule is C=CCCOCCNc1cc(Cl)nc(COC)n1. The lowest BCUT2D eigenvalue weighted by Crippen LogP contribution is -2.12. The van der Waals surface area contributed by atoms with Gasteiger partial charge in [0, 0.05) is 19.7 Å². The molecule has 0 aliphatic carbocycles. The van der Waals surface area contributed by atoms with Crippen LogP contribution in [0.5, 0.6) is 0 Å². The fraction of sp³-hybridized carbons (Fsp3) is 0.500. The molecule has 0 unspecified atom stereocenters. The zero-order chi connectivity index (χ0) is 13.2. The van der Waals surface area contributed by atoms with E-state index >= 15 is 0 Å². The molecule has 1 N–H and O–H groups in total. The molecular weight excluding hydrogens is 254 g/mol. The Morgan fingerprint density at radius 2 is 2.28 bits per heavy atom. The predicted molar refractivity (Wildman–Crippen MR) is 71.9 cm³/mol. The van der Waals surface area contributed by atoms with Gasteiger partial charge in [-0.15, -0.1) is 6.58 Å². The van der Waals surface area contributed by atoms with Gasteiger partial charge in [-0.05, 0) is 6.42 Å². The van der Waals surface area contributed by atoms with Crippen LogP contribution < -0.4 is 5.32 Å². The third kappa shape index (κ3) is 5.95. The van der Waals surface area contributed by atoms with Crippen LogP contribution in [0, 0.1) is 0 Å². The average Bonchev–Trinajstić information content (AvgIpc) is 2.33. The van der Waals surface area contributed by atoms with Crippen LogP contribution in [0.25, 0.3) is 0 Å². The van der Waals surface area contributed by atoms with E-state index < -0.39 is 0 Å². The van der Waals surface area contributed by atoms with E-state index in [4.69, 9.17) is 21.1 Å². The highest BCUT2D eigenvalue weighted by atomic mass is 35.5. The molecule has 0 bridgehead atoms. The van der Waals surface area contributed by atoms with Gasteiger partial charge in [-0.3, -0.25) is 0 Å². The second kappa shape index (κ2) is 8.85. The van der Waals surface area contributed by atoms with Gasteiger partial charge in [-0.1, -0.05) is 17.7 Å². The molecule has 6 heteroatoms. The van der Waals surface area contributed by atoms with Gasteiger partial charge in [-0.2, -0.15) is 0 Å². The fourth-order valence-corrected chi connectivity index (χ4v) is 1.47. The van der Waals surface area contributed by atoms with E-state index in [1.165, 1.54) is 0 Å². The number of halogens is 1. The van der Waals surface area contributed by atoms with Gasteiger partial charge in [0.05, 0.1) is 13.2 Å². The molecule has 1 rings (SSSR count). The van der Waals surface area contributed by atoms with E-state index in [-0.39, 0.29) is 0 Å². The number of nitrogens with one attached hydrogen (secondary N) is 1. The van der Waals surface area contributed by atoms with E-state index in [0.29, 0.717) is 43.2 Å². The standard InChI is InChI=1S/C12H18ClN3O2/c1-3-4-6-18-7-5-14-11-8-10(13)15-12(16-11)9-17-2/h3,8H,1,4-7,9H2,2H3,(H,14,15,16). The van der Waals surface area contributed by atoms with Crippen molar-refractivity contribution in [3.8, 4) is 0 Å². The van der Waals surface area contributed by atoms with Gasteiger partial charge >= 0.3 is 0 Å². The number of hydrogen-bond acceptors (Lipinski definition) is 5. The fourth-order valence-electron chi connectivity index (χ4n) is 1.27. The Morgan fingerprint density at radius 1 is 1.44 bits per heavy atom. The van der Waals surface area contributed by atoms with Crippen molar-refractivity contribution in [3.05, 3.63) is 29.7 Å². The number of ether oxygens (including phenoxy) is 2. The van der Waals surface area contributed by atoms with Gasteiger partial charge in [0.15, 0.2) is 5.82 Å². The summed E-state index contributed by atoms with van der Waals surface area (Å²) >= 11 is 5.88. The first-order chi connectivity index (χ1) is 8.76. The quantitative estimate of drug-likeness (QED) is 0.424. The normalized spacial score (nSPS) is 10.3. The Morgan fingerprint density at radius 3 is 3.00 bits per heavy atom. The minimum Gasteiger partial charge on any atom is -0.379 e. The summed E-state index contributed by atoms with van der Waals surface area (Å²) in [6, 6.07) is 1.67. The maximum atomic E-state index is 5.88. The van der Waals surface area contributed by atoms with Crippen LogP contribution >= 0.6 is 11.6 Å². The van der Waals surface area contributed by atoms with Crippen LogP contribution in [0.15, 0.2) is 18.7 Å². The van der Waals surface area contributed by atoms with Crippen molar-refractivity contribution in [1.29, 1.82) is 0 Å². The number of methoxy groups -OCH3 is 1. The minimum absolute atomic E-state index is 0.338. The molecular formula is C12H18ClN3O2. The van der Waals surface area contributed by atoms with Gasteiger partial charge in [0.2, 0.25) is 0 Å². The Labute approximate surface area is 112 Å². The van der Waals surface area contributed by atoms with Crippen molar-refractivity contribution < 1.29 is 9.47 Å². The summed E-state index contributed by atoms with van der Waals surface area (Å²) in [5.74, 6) is 1.23. The van der Waals surface area contributed by atoms with Crippen LogP contribution in [-0.2, 0) is 16.1 Å². The minimum atomic E-state index is 0.338. The molecule has 0 radical (unpaired) electrons. The summed E-state index contributed by atoms with van der Waals surface area (Å²) in [4.78, 5) is 8.29. The topological polar surface area (TPSA) is 56.3 Å². The molecule has 100 valence electrons. The van der Waals surface area contributed by atoms with Gasteiger partial charge < -0.3 is 14.8 Å². The van der Waals surface area contributed by atoms with Crippen molar-refractivity contribution in [1.82, 2.24) is 9.97 Å². The van der Waals surface area contributed by atoms with Crippen molar-refractivity contribution in [2.45, 2.75) is 13.0 Å². The molecule has 0 spiro atoms. The van der Waals surface area contributed by atoms with Crippen molar-refractivity contribution in [2.24, 2.45) is 0 Å². The first-order valence-electron chi connectivity index (χ1n) is 5.71. The van der Waals surface area contributed by atoms with Crippen LogP contribution in [0.1, 0.15) is 12.2 Å². The summed E-state index contributed by atoms with van der Waals surface area (Å²) in [5.41, 5.74) is 0. The van der Waals surface area contributed by atoms with Gasteiger partial charge in [-0.25, -0.2) is 9.97 Å². The maximum Gasteiger partial charge on any atom is 0.158 e. The molecule has 0 aliphatic heterocycles. The summed E-state index contributed by atoms with van der Waals surface area (Å²) in [6.45, 7) is 5.92. The van der Waals surface area contributed by atoms with Crippen molar-refractivity contribution in [3.63, 3.8) is 0 Å². The highest BCUT2D eigenvalue weighted by Crippen LogP contribution is 2.11. The van der Waals surface area contributed by atoms with Crippen LogP contribution in [0.4, 0.5) is 5.82 Å². The highest BCUT2D eigenvalue weighted by Gasteiger charge is 2.02. The third-order valence-electron chi connectivity index (χ3n) is 2.03. The van der Waals surface area contributed by atoms with E-state index in [1.807, 2.05) is 6.08 Å². The lowest BCUT2D eigenvalue weighted by Gasteiger charge is -2.08. The molecule has 0 fully saturated rings. The van der Waals surface area contributed by atoms with Crippen molar-refractivity contribution in [2.75, 3.05) is 32.2 Å². The zero-order valence-electron chi connectivity index (χ0n) is 10.5. The summed E-state index contributed by atoms with van der Waals surface area (Å²) in [6.07, 6.45) is 2.69. The Hall–Kier alpha value is -1.17. The predicted octanol–water partition coefficient (Wildman–Crippen LogP) is 2.28. The summed E-state index contributed by atoms with van der Waals surface area (Å²) < 4.78 is 10.3. The number of hydrogen-bond donors (Lipinski definition) is 1. The summed E-state index contributed by atoms with van der Waals surface area (Å²) in [7, 11) is 1.59. The number of anilines is 1. The summed E-state index contributed by atoms with van der Waals surface area (Å²) in [5, 5.41) is 3.51. The molecule has 0 aromatic carbocycles. The molecule has 0 aliphatic rings. The Kier molecular flexibility index (Phi) is 7.32. The van der Waals surface area contributed by atoms with E-state index in [1.54, 1.807) is 13.2 Å². The molecule has 1 heterocycles. The molecule has 1 aromatic heterocycles. The van der Waals surface area contributed by atoms with Gasteiger partial charge in [0.25, 0.3) is 0 Å². The monoisotopic (exact) mass is 271 g/mol. The van der Waals surface area contributed by atoms with Crippen LogP contribution in [-0.4, -0.2) is 36.8 Å². The van der Waals surface area contributed by atoms with Crippen LogP contribution in [0.3, 0.4) is 0 Å². The first kappa shape index (κ1) is 14.9. The molecule has 18 heavy (non-hydrogen) atoms.